The zero-order chi connectivity index (χ0) is 9.80. The van der Waals surface area contributed by atoms with E-state index in [4.69, 9.17) is 11.6 Å². The molecule has 0 atom stereocenters. The summed E-state index contributed by atoms with van der Waals surface area (Å²) in [6.07, 6.45) is 4.29. The lowest BCUT2D eigenvalue weighted by Crippen LogP contribution is -2.03. The molecule has 0 fully saturated rings. The Kier molecular flexibility index (Phi) is 2.55. The first kappa shape index (κ1) is 8.89. The molecule has 7 heteroatoms. The van der Waals surface area contributed by atoms with E-state index in [2.05, 4.69) is 29.9 Å². The predicted molar refractivity (Wildman–Crippen MR) is 48.7 cm³/mol. The van der Waals surface area contributed by atoms with Crippen LogP contribution in [0.2, 0.25) is 5.15 Å². The number of hydrogen-bond donors (Lipinski definition) is 1. The fourth-order valence-electron chi connectivity index (χ4n) is 0.867. The second-order valence-corrected chi connectivity index (χ2v) is 2.82. The van der Waals surface area contributed by atoms with Crippen molar-refractivity contribution < 1.29 is 4.52 Å². The molecule has 0 unspecified atom stereocenters. The second kappa shape index (κ2) is 4.01. The van der Waals surface area contributed by atoms with Gasteiger partial charge in [0.1, 0.15) is 11.0 Å². The minimum absolute atomic E-state index is 0.336. The van der Waals surface area contributed by atoms with Gasteiger partial charge in [-0.3, -0.25) is 4.98 Å². The molecule has 0 bridgehead atoms. The fraction of sp³-hybridized carbons (Fsp3) is 0.143. The van der Waals surface area contributed by atoms with Crippen LogP contribution in [0, 0.1) is 0 Å². The average molecular weight is 212 g/mol. The van der Waals surface area contributed by atoms with Crippen LogP contribution in [0.1, 0.15) is 5.82 Å². The Balaban J connectivity index is 1.98. The van der Waals surface area contributed by atoms with Crippen LogP contribution in [-0.2, 0) is 6.54 Å². The van der Waals surface area contributed by atoms with E-state index in [-0.39, 0.29) is 0 Å². The lowest BCUT2D eigenvalue weighted by molar-refractivity contribution is 0.411. The fourth-order valence-corrected chi connectivity index (χ4v) is 1.01. The maximum atomic E-state index is 5.64. The van der Waals surface area contributed by atoms with Crippen LogP contribution in [0.5, 0.6) is 0 Å². The van der Waals surface area contributed by atoms with Crippen molar-refractivity contribution in [2.24, 2.45) is 0 Å². The molecule has 0 spiro atoms. The van der Waals surface area contributed by atoms with Gasteiger partial charge in [-0.1, -0.05) is 16.8 Å². The van der Waals surface area contributed by atoms with Crippen LogP contribution in [0.3, 0.4) is 0 Å². The van der Waals surface area contributed by atoms with Crippen molar-refractivity contribution in [3.8, 4) is 0 Å². The summed E-state index contributed by atoms with van der Waals surface area (Å²) < 4.78 is 4.56. The molecule has 0 aliphatic rings. The molecule has 0 amide bonds. The number of anilines is 1. The maximum Gasteiger partial charge on any atom is 0.213 e. The zero-order valence-electron chi connectivity index (χ0n) is 7.01. The van der Waals surface area contributed by atoms with E-state index in [1.807, 2.05) is 0 Å². The van der Waals surface area contributed by atoms with Gasteiger partial charge < -0.3 is 9.84 Å². The molecule has 14 heavy (non-hydrogen) atoms. The van der Waals surface area contributed by atoms with E-state index in [0.717, 1.165) is 0 Å². The summed E-state index contributed by atoms with van der Waals surface area (Å²) in [5.74, 6) is 1.12. The Hall–Kier alpha value is -1.69. The molecule has 1 N–H and O–H groups in total. The highest BCUT2D eigenvalue weighted by Crippen LogP contribution is 2.07. The van der Waals surface area contributed by atoms with Crippen LogP contribution in [0.15, 0.2) is 23.3 Å². The Labute approximate surface area is 84.3 Å². The monoisotopic (exact) mass is 211 g/mol. The van der Waals surface area contributed by atoms with Gasteiger partial charge in [0.15, 0.2) is 5.82 Å². The number of aromatic nitrogens is 4. The molecule has 2 aromatic rings. The van der Waals surface area contributed by atoms with Gasteiger partial charge in [-0.25, -0.2) is 4.98 Å². The van der Waals surface area contributed by atoms with Crippen LogP contribution in [-0.4, -0.2) is 20.1 Å². The van der Waals surface area contributed by atoms with Gasteiger partial charge in [0.25, 0.3) is 0 Å². The van der Waals surface area contributed by atoms with E-state index < -0.39 is 0 Å². The van der Waals surface area contributed by atoms with E-state index in [9.17, 15) is 0 Å². The smallest absolute Gasteiger partial charge is 0.213 e. The number of nitrogens with one attached hydrogen (secondary N) is 1. The van der Waals surface area contributed by atoms with Gasteiger partial charge >= 0.3 is 0 Å². The zero-order valence-corrected chi connectivity index (χ0v) is 7.77. The minimum atomic E-state index is 0.336. The SMILES string of the molecule is Clc1cncc(NCc2ncon2)n1. The summed E-state index contributed by atoms with van der Waals surface area (Å²) in [5, 5.41) is 6.90. The van der Waals surface area contributed by atoms with E-state index in [1.165, 1.54) is 12.6 Å². The van der Waals surface area contributed by atoms with Gasteiger partial charge in [0.2, 0.25) is 6.39 Å². The van der Waals surface area contributed by atoms with Crippen molar-refractivity contribution in [2.45, 2.75) is 6.54 Å². The molecule has 2 heterocycles. The molecule has 2 aromatic heterocycles. The highest BCUT2D eigenvalue weighted by atomic mass is 35.5. The molecule has 0 saturated heterocycles. The number of hydrogen-bond acceptors (Lipinski definition) is 6. The summed E-state index contributed by atoms with van der Waals surface area (Å²) in [6, 6.07) is 0. The highest BCUT2D eigenvalue weighted by Gasteiger charge is 1.99. The van der Waals surface area contributed by atoms with E-state index in [0.29, 0.717) is 23.3 Å². The van der Waals surface area contributed by atoms with Crippen LogP contribution >= 0.6 is 11.6 Å². The number of rotatable bonds is 3. The van der Waals surface area contributed by atoms with E-state index >= 15 is 0 Å². The minimum Gasteiger partial charge on any atom is -0.361 e. The van der Waals surface area contributed by atoms with Gasteiger partial charge in [0.05, 0.1) is 18.9 Å². The normalized spacial score (nSPS) is 10.1. The third-order valence-corrected chi connectivity index (χ3v) is 1.62. The number of halogens is 1. The Morgan fingerprint density at radius 3 is 3.07 bits per heavy atom. The van der Waals surface area contributed by atoms with Crippen molar-refractivity contribution in [2.75, 3.05) is 5.32 Å². The van der Waals surface area contributed by atoms with Crippen LogP contribution < -0.4 is 5.32 Å². The second-order valence-electron chi connectivity index (χ2n) is 2.43. The first-order chi connectivity index (χ1) is 6.84. The first-order valence-electron chi connectivity index (χ1n) is 3.81. The largest absolute Gasteiger partial charge is 0.361 e. The van der Waals surface area contributed by atoms with Crippen LogP contribution in [0.25, 0.3) is 0 Å². The third kappa shape index (κ3) is 2.17. The highest BCUT2D eigenvalue weighted by molar-refractivity contribution is 6.29. The number of nitrogens with zero attached hydrogens (tertiary/aromatic N) is 4. The molecule has 6 nitrogen and oxygen atoms in total. The van der Waals surface area contributed by atoms with Crippen molar-refractivity contribution >= 4 is 17.4 Å². The lowest BCUT2D eigenvalue weighted by atomic mass is 10.5. The van der Waals surface area contributed by atoms with Gasteiger partial charge in [-0.05, 0) is 0 Å². The third-order valence-electron chi connectivity index (χ3n) is 1.44. The standard InChI is InChI=1S/C7H6ClN5O/c8-5-1-9-2-6(12-5)10-3-7-11-4-14-13-7/h1-2,4H,3H2,(H,10,12). The van der Waals surface area contributed by atoms with Gasteiger partial charge in [-0.15, -0.1) is 0 Å². The van der Waals surface area contributed by atoms with Gasteiger partial charge in [0, 0.05) is 0 Å². The molecule has 0 aromatic carbocycles. The molecular formula is C7H6ClN5O. The molecule has 2 rings (SSSR count). The lowest BCUT2D eigenvalue weighted by Gasteiger charge is -2.00. The summed E-state index contributed by atoms with van der Waals surface area (Å²) in [5.41, 5.74) is 0. The summed E-state index contributed by atoms with van der Waals surface area (Å²) >= 11 is 5.64. The summed E-state index contributed by atoms with van der Waals surface area (Å²) in [4.78, 5) is 11.7. The molecule has 0 radical (unpaired) electrons. The average Bonchev–Trinajstić information content (AvgIpc) is 2.67. The molecule has 0 aliphatic heterocycles. The van der Waals surface area contributed by atoms with Crippen molar-refractivity contribution in [1.29, 1.82) is 0 Å². The summed E-state index contributed by atoms with van der Waals surface area (Å²) in [7, 11) is 0. The summed E-state index contributed by atoms with van der Waals surface area (Å²) in [6.45, 7) is 0.422. The Bertz CT molecular complexity index is 404. The Morgan fingerprint density at radius 2 is 2.36 bits per heavy atom. The molecular weight excluding hydrogens is 206 g/mol. The quantitative estimate of drug-likeness (QED) is 0.820. The van der Waals surface area contributed by atoms with Gasteiger partial charge in [-0.2, -0.15) is 4.98 Å². The van der Waals surface area contributed by atoms with Crippen molar-refractivity contribution in [1.82, 2.24) is 20.1 Å². The maximum absolute atomic E-state index is 5.64. The molecule has 0 saturated carbocycles. The topological polar surface area (TPSA) is 76.7 Å². The van der Waals surface area contributed by atoms with E-state index in [1.54, 1.807) is 6.20 Å². The van der Waals surface area contributed by atoms with Crippen LogP contribution in [0.4, 0.5) is 5.82 Å². The van der Waals surface area contributed by atoms with Crippen molar-refractivity contribution in [3.05, 3.63) is 29.8 Å². The first-order valence-corrected chi connectivity index (χ1v) is 4.19. The van der Waals surface area contributed by atoms with Crippen molar-refractivity contribution in [3.63, 3.8) is 0 Å². The molecule has 0 aliphatic carbocycles. The molecule has 72 valence electrons. The Morgan fingerprint density at radius 1 is 1.43 bits per heavy atom. The predicted octanol–water partition coefficient (Wildman–Crippen LogP) is 1.13.